The molecule has 0 heterocycles. The zero-order valence-electron chi connectivity index (χ0n) is 80.6. The van der Waals surface area contributed by atoms with Crippen LogP contribution in [0.3, 0.4) is 0 Å². The van der Waals surface area contributed by atoms with Crippen molar-refractivity contribution in [2.45, 2.75) is 198 Å². The molecular weight excluding hydrogens is 1720 g/mol. The minimum Gasteiger partial charge on any atom is -0.507 e. The van der Waals surface area contributed by atoms with Gasteiger partial charge in [-0.1, -0.05) is 308 Å². The lowest BCUT2D eigenvalue weighted by atomic mass is 9.96. The molecule has 0 saturated heterocycles. The third-order valence-electron chi connectivity index (χ3n) is 23.9. The Bertz CT molecular complexity index is 6460. The Morgan fingerprint density at radius 2 is 0.555 bits per heavy atom. The number of carbonyl (C=O) groups excluding carboxylic acids is 5. The summed E-state index contributed by atoms with van der Waals surface area (Å²) in [7, 11) is 0. The quantitative estimate of drug-likeness (QED) is 0.0254. The highest BCUT2D eigenvalue weighted by atomic mass is 16.6. The monoisotopic (exact) mass is 1840 g/mol. The number of carbonyl (C=O) groups is 5. The third kappa shape index (κ3) is 29.1. The molecule has 0 unspecified atom stereocenters. The highest BCUT2D eigenvalue weighted by molar-refractivity contribution is 6.00. The van der Waals surface area contributed by atoms with Crippen molar-refractivity contribution in [1.29, 1.82) is 0 Å². The van der Waals surface area contributed by atoms with Crippen LogP contribution in [0.5, 0.6) is 57.5 Å². The Morgan fingerprint density at radius 1 is 0.285 bits per heavy atom. The first kappa shape index (κ1) is 102. The van der Waals surface area contributed by atoms with Crippen molar-refractivity contribution in [2.75, 3.05) is 16.0 Å². The largest absolute Gasteiger partial charge is 0.507 e. The van der Waals surface area contributed by atoms with Crippen molar-refractivity contribution in [3.8, 4) is 57.5 Å². The highest BCUT2D eigenvalue weighted by Gasteiger charge is 2.24. The lowest BCUT2D eigenvalue weighted by molar-refractivity contribution is 0.191. The number of hydrogen-bond donors (Lipinski definition) is 10. The molecule has 0 atom stereocenters. The van der Waals surface area contributed by atoms with Gasteiger partial charge < -0.3 is 59.9 Å². The van der Waals surface area contributed by atoms with Crippen molar-refractivity contribution in [1.82, 2.24) is 10.6 Å². The molecule has 0 spiro atoms. The van der Waals surface area contributed by atoms with Crippen molar-refractivity contribution in [3.63, 3.8) is 0 Å². The summed E-state index contributed by atoms with van der Waals surface area (Å²) in [5, 5.41) is 68.5. The maximum Gasteiger partial charge on any atom is 0.417 e. The van der Waals surface area contributed by atoms with Gasteiger partial charge in [-0.05, 0) is 247 Å². The fourth-order valence-electron chi connectivity index (χ4n) is 16.5. The van der Waals surface area contributed by atoms with Gasteiger partial charge in [0.25, 0.3) is 0 Å². The van der Waals surface area contributed by atoms with Crippen LogP contribution in [0.25, 0.3) is 10.8 Å². The van der Waals surface area contributed by atoms with Gasteiger partial charge in [-0.3, -0.25) is 16.0 Å². The van der Waals surface area contributed by atoms with E-state index in [1.165, 1.54) is 6.42 Å². The summed E-state index contributed by atoms with van der Waals surface area (Å²) in [5.41, 5.74) is 20.5. The van der Waals surface area contributed by atoms with Gasteiger partial charge in [-0.15, -0.1) is 0 Å². The second-order valence-electron chi connectivity index (χ2n) is 34.5. The van der Waals surface area contributed by atoms with Gasteiger partial charge in [0, 0.05) is 60.9 Å². The van der Waals surface area contributed by atoms with Gasteiger partial charge in [0.15, 0.2) is 0 Å². The summed E-state index contributed by atoms with van der Waals surface area (Å²) in [4.78, 5) is 61.9. The number of benzene rings is 14. The second kappa shape index (κ2) is 50.7. The van der Waals surface area contributed by atoms with Crippen molar-refractivity contribution in [2.24, 2.45) is 0 Å². The van der Waals surface area contributed by atoms with Gasteiger partial charge in [0.1, 0.15) is 57.5 Å². The summed E-state index contributed by atoms with van der Waals surface area (Å²) in [6.07, 6.45) is 9.42. The van der Waals surface area contributed by atoms with Gasteiger partial charge >= 0.3 is 30.5 Å². The topological polar surface area (TPSA) is 293 Å². The van der Waals surface area contributed by atoms with E-state index in [-0.39, 0.29) is 18.2 Å². The number of phenols is 5. The highest BCUT2D eigenvalue weighted by Crippen LogP contribution is 2.39. The Labute approximate surface area is 805 Å². The van der Waals surface area contributed by atoms with Gasteiger partial charge in [0.2, 0.25) is 0 Å². The van der Waals surface area contributed by atoms with Gasteiger partial charge in [0.05, 0.1) is 5.69 Å². The van der Waals surface area contributed by atoms with Crippen molar-refractivity contribution in [3.05, 3.63) is 396 Å². The van der Waals surface area contributed by atoms with E-state index < -0.39 is 24.4 Å². The average molecular weight is 1840 g/mol. The molecular formula is C117H127N5O15. The fourth-order valence-corrected chi connectivity index (χ4v) is 16.5. The molecule has 1 fully saturated rings. The molecule has 20 nitrogen and oxygen atoms in total. The smallest absolute Gasteiger partial charge is 0.417 e. The molecule has 1 saturated carbocycles. The molecule has 0 bridgehead atoms. The van der Waals surface area contributed by atoms with Gasteiger partial charge in [-0.25, -0.2) is 24.0 Å². The first-order valence-corrected chi connectivity index (χ1v) is 47.1. The number of para-hydroxylation sites is 11. The molecule has 710 valence electrons. The molecule has 5 amide bonds. The molecule has 10 N–H and O–H groups in total. The lowest BCUT2D eigenvalue weighted by Gasteiger charge is -2.23. The maximum atomic E-state index is 12.8. The number of aryl methyl sites for hydroxylation is 11. The van der Waals surface area contributed by atoms with E-state index >= 15 is 0 Å². The molecule has 1 aliphatic rings. The van der Waals surface area contributed by atoms with Crippen LogP contribution < -0.4 is 50.3 Å². The number of fused-ring (bicyclic) bond motifs is 1. The molecule has 14 aromatic rings. The number of hydrogen-bond acceptors (Lipinski definition) is 15. The van der Waals surface area contributed by atoms with Crippen LogP contribution in [0.1, 0.15) is 197 Å². The van der Waals surface area contributed by atoms with E-state index in [9.17, 15) is 49.5 Å². The maximum absolute atomic E-state index is 12.8. The van der Waals surface area contributed by atoms with E-state index in [4.69, 9.17) is 23.7 Å². The van der Waals surface area contributed by atoms with Crippen molar-refractivity contribution >= 4 is 58.3 Å². The lowest BCUT2D eigenvalue weighted by Crippen LogP contribution is -2.38. The predicted octanol–water partition coefficient (Wildman–Crippen LogP) is 27.5. The number of amides is 5. The molecule has 0 aliphatic heterocycles. The number of ether oxygens (including phenoxy) is 5. The van der Waals surface area contributed by atoms with E-state index in [1.54, 1.807) is 12.1 Å². The number of phenolic OH excluding ortho intramolecular Hbond substituents is 5. The molecule has 0 aromatic heterocycles. The molecule has 20 heteroatoms. The molecule has 137 heavy (non-hydrogen) atoms. The molecule has 0 radical (unpaired) electrons. The average Bonchev–Trinajstić information content (AvgIpc) is 0.844. The first-order chi connectivity index (χ1) is 66.1. The minimum absolute atomic E-state index is 0.00949. The Balaban J connectivity index is 0.000000165. The van der Waals surface area contributed by atoms with Gasteiger partial charge in [-0.2, -0.15) is 0 Å². The SMILES string of the molecule is CCc1cccc(Cc2cccc(C)c2OC(=O)NC(C)C)c1O.CCc1cccc(Cc2cccc(C)c2OC(=O)NC2CCCCC2)c1O.CCc1cccc(Cc2cccc(C)c2OC(=O)Nc2ccc(C)cc2)c1O.CCc1cccc(Cc2cccc(C)c2OC(=O)Nc2cccc3ccccc23)c1O.CCc1cccc(Cc2cccc(C)c2OC(=O)Nc2ccccc2)c1O. The molecule has 15 rings (SSSR count). The number of aromatic hydroxyl groups is 5. The van der Waals surface area contributed by atoms with Crippen LogP contribution >= 0.6 is 0 Å². The Hall–Kier alpha value is -15.3. The minimum atomic E-state index is -0.543. The van der Waals surface area contributed by atoms with E-state index in [1.807, 2.05) is 357 Å². The summed E-state index contributed by atoms with van der Waals surface area (Å²) in [6.45, 7) is 25.4. The standard InChI is InChI=1S/C27H25NO3.C24H25NO3.C23H29NO3.C23H23NO3.C20H25NO3/c1-3-19-11-7-13-21(25(19)29)17-22-14-6-9-18(2)26(22)31-27(30)28-24-16-8-12-20-10-4-5-15-23(20)24;1-4-18-8-6-9-19(22(18)26)15-20-10-5-7-17(3)23(20)28-24(27)25-21-13-11-16(2)12-14-21;2*1-3-17-10-8-11-18(21(17)25)15-19-12-7-9-16(2)22(19)27-23(26)24-20-13-5-4-6-14-20;1-5-15-9-7-10-16(18(15)22)12-17-11-6-8-14(4)19(17)24-20(23)21-13(2)3/h4-16,29H,3,17H2,1-2H3,(H,28,30);5-14,26H,4,15H2,1-3H3,(H,25,27);7-12,20,25H,3-6,13-15H2,1-2H3,(H,24,26);4-14,25H,3,15H2,1-2H3,(H,24,26);6-11,13,22H,5,12H2,1-4H3,(H,21,23). The van der Waals surface area contributed by atoms with Crippen LogP contribution in [-0.4, -0.2) is 68.1 Å². The summed E-state index contributed by atoms with van der Waals surface area (Å²) in [5.74, 6) is 4.27. The third-order valence-corrected chi connectivity index (χ3v) is 23.9. The van der Waals surface area contributed by atoms with Crippen molar-refractivity contribution < 1.29 is 73.2 Å². The summed E-state index contributed by atoms with van der Waals surface area (Å²) >= 11 is 0. The predicted molar refractivity (Wildman–Crippen MR) is 548 cm³/mol. The van der Waals surface area contributed by atoms with Crippen LogP contribution in [0, 0.1) is 41.5 Å². The second-order valence-corrected chi connectivity index (χ2v) is 34.5. The van der Waals surface area contributed by atoms with Crippen LogP contribution in [0.4, 0.5) is 41.0 Å². The number of nitrogens with one attached hydrogen (secondary N) is 5. The van der Waals surface area contributed by atoms with E-state index in [0.29, 0.717) is 107 Å². The normalized spacial score (nSPS) is 11.4. The fraction of sp³-hybridized carbons (Fsp3) is 0.256. The van der Waals surface area contributed by atoms with E-state index in [0.717, 1.165) is 185 Å². The summed E-state index contributed by atoms with van der Waals surface area (Å²) < 4.78 is 28.3. The van der Waals surface area contributed by atoms with Crippen LogP contribution in [0.2, 0.25) is 0 Å². The zero-order chi connectivity index (χ0) is 98.0. The molecule has 14 aromatic carbocycles. The van der Waals surface area contributed by atoms with Crippen LogP contribution in [0.15, 0.2) is 279 Å². The molecule has 1 aliphatic carbocycles. The zero-order valence-corrected chi connectivity index (χ0v) is 80.6. The Morgan fingerprint density at radius 3 is 0.891 bits per heavy atom. The summed E-state index contributed by atoms with van der Waals surface area (Å²) in [6, 6.07) is 88.2. The van der Waals surface area contributed by atoms with Crippen LogP contribution in [-0.2, 0) is 64.2 Å². The Kier molecular flexibility index (Phi) is 37.8. The van der Waals surface area contributed by atoms with E-state index in [2.05, 4.69) is 26.6 Å². The number of anilines is 3. The first-order valence-electron chi connectivity index (χ1n) is 47.1. The number of rotatable bonds is 25.